The minimum absolute atomic E-state index is 0.176. The molecule has 0 bridgehead atoms. The lowest BCUT2D eigenvalue weighted by atomic mass is 9.88. The van der Waals surface area contributed by atoms with E-state index in [-0.39, 0.29) is 5.92 Å². The monoisotopic (exact) mass is 260 g/mol. The molecule has 0 amide bonds. The number of hydrogen-bond acceptors (Lipinski definition) is 3. The third-order valence-electron chi connectivity index (χ3n) is 4.10. The summed E-state index contributed by atoms with van der Waals surface area (Å²) in [5.74, 6) is -0.434. The van der Waals surface area contributed by atoms with E-state index in [0.29, 0.717) is 13.2 Å². The van der Waals surface area contributed by atoms with Crippen molar-refractivity contribution in [2.75, 3.05) is 13.2 Å². The average molecular weight is 260 g/mol. The number of aryl methyl sites for hydroxylation is 1. The van der Waals surface area contributed by atoms with Gasteiger partial charge in [0.25, 0.3) is 0 Å². The zero-order valence-electron chi connectivity index (χ0n) is 11.4. The summed E-state index contributed by atoms with van der Waals surface area (Å²) < 4.78 is 5.90. The summed E-state index contributed by atoms with van der Waals surface area (Å²) >= 11 is 0. The Bertz CT molecular complexity index is 457. The maximum absolute atomic E-state index is 5.90. The average Bonchev–Trinajstić information content (AvgIpc) is 2.83. The minimum Gasteiger partial charge on any atom is -0.344 e. The standard InChI is InChI=1S/C16H20O3/c1-12-5-7-14(8-6-12)13(2)15-4-3-9-16(15)17-10-11-18-19-16/h5-8,15H,2-4,9-11H2,1H3. The molecule has 1 spiro atoms. The van der Waals surface area contributed by atoms with Crippen LogP contribution in [0.5, 0.6) is 0 Å². The van der Waals surface area contributed by atoms with Crippen LogP contribution in [0.1, 0.15) is 30.4 Å². The highest BCUT2D eigenvalue weighted by Crippen LogP contribution is 2.47. The maximum atomic E-state index is 5.90. The Labute approximate surface area is 114 Å². The van der Waals surface area contributed by atoms with E-state index in [0.717, 1.165) is 30.4 Å². The SMILES string of the molecule is C=C(c1ccc(C)cc1)C1CCCC12OCCOO2. The highest BCUT2D eigenvalue weighted by atomic mass is 17.2. The van der Waals surface area contributed by atoms with E-state index in [9.17, 15) is 0 Å². The van der Waals surface area contributed by atoms with Gasteiger partial charge in [-0.25, -0.2) is 9.78 Å². The first-order valence-electron chi connectivity index (χ1n) is 6.92. The zero-order valence-corrected chi connectivity index (χ0v) is 11.4. The van der Waals surface area contributed by atoms with Gasteiger partial charge < -0.3 is 4.74 Å². The fourth-order valence-electron chi connectivity index (χ4n) is 3.04. The molecule has 2 unspecified atom stereocenters. The van der Waals surface area contributed by atoms with Crippen molar-refractivity contribution >= 4 is 5.57 Å². The molecule has 1 heterocycles. The molecule has 3 rings (SSSR count). The molecule has 1 aliphatic heterocycles. The van der Waals surface area contributed by atoms with Crippen molar-refractivity contribution in [3.8, 4) is 0 Å². The second-order valence-corrected chi connectivity index (χ2v) is 5.40. The molecule has 102 valence electrons. The first kappa shape index (κ1) is 12.9. The van der Waals surface area contributed by atoms with E-state index >= 15 is 0 Å². The van der Waals surface area contributed by atoms with E-state index < -0.39 is 5.79 Å². The molecule has 1 saturated heterocycles. The number of rotatable bonds is 2. The summed E-state index contributed by atoms with van der Waals surface area (Å²) in [5.41, 5.74) is 3.50. The highest BCUT2D eigenvalue weighted by Gasteiger charge is 2.49. The molecule has 2 atom stereocenters. The summed E-state index contributed by atoms with van der Waals surface area (Å²) in [5, 5.41) is 0. The summed E-state index contributed by atoms with van der Waals surface area (Å²) in [4.78, 5) is 10.7. The first-order valence-corrected chi connectivity index (χ1v) is 6.92. The van der Waals surface area contributed by atoms with E-state index in [1.54, 1.807) is 0 Å². The topological polar surface area (TPSA) is 27.7 Å². The second kappa shape index (κ2) is 5.08. The molecule has 0 aromatic heterocycles. The Morgan fingerprint density at radius 2 is 2.05 bits per heavy atom. The van der Waals surface area contributed by atoms with Crippen LogP contribution in [0.4, 0.5) is 0 Å². The maximum Gasteiger partial charge on any atom is 0.208 e. The normalized spacial score (nSPS) is 30.7. The molecule has 2 fully saturated rings. The molecular weight excluding hydrogens is 240 g/mol. The van der Waals surface area contributed by atoms with Crippen molar-refractivity contribution in [3.05, 3.63) is 42.0 Å². The summed E-state index contributed by atoms with van der Waals surface area (Å²) in [6, 6.07) is 8.46. The van der Waals surface area contributed by atoms with E-state index in [2.05, 4.69) is 37.8 Å². The van der Waals surface area contributed by atoms with Gasteiger partial charge in [0.05, 0.1) is 6.61 Å². The van der Waals surface area contributed by atoms with Gasteiger partial charge in [-0.3, -0.25) is 0 Å². The summed E-state index contributed by atoms with van der Waals surface area (Å²) in [7, 11) is 0. The van der Waals surface area contributed by atoms with Crippen molar-refractivity contribution in [2.24, 2.45) is 5.92 Å². The van der Waals surface area contributed by atoms with Crippen LogP contribution >= 0.6 is 0 Å². The fourth-order valence-corrected chi connectivity index (χ4v) is 3.04. The van der Waals surface area contributed by atoms with Gasteiger partial charge in [0.2, 0.25) is 5.79 Å². The quantitative estimate of drug-likeness (QED) is 0.762. The van der Waals surface area contributed by atoms with Crippen molar-refractivity contribution in [3.63, 3.8) is 0 Å². The Morgan fingerprint density at radius 1 is 1.26 bits per heavy atom. The van der Waals surface area contributed by atoms with E-state index in [1.165, 1.54) is 5.56 Å². The third kappa shape index (κ3) is 2.34. The number of benzene rings is 1. The summed E-state index contributed by atoms with van der Waals surface area (Å²) in [6.07, 6.45) is 3.00. The number of hydrogen-bond donors (Lipinski definition) is 0. The molecule has 1 aromatic rings. The molecule has 1 aliphatic carbocycles. The zero-order chi connectivity index (χ0) is 13.3. The largest absolute Gasteiger partial charge is 0.344 e. The summed E-state index contributed by atoms with van der Waals surface area (Å²) in [6.45, 7) is 7.46. The van der Waals surface area contributed by atoms with Crippen LogP contribution in [0.15, 0.2) is 30.8 Å². The highest BCUT2D eigenvalue weighted by molar-refractivity contribution is 5.66. The lowest BCUT2D eigenvalue weighted by Crippen LogP contribution is -2.44. The predicted octanol–water partition coefficient (Wildman–Crippen LogP) is 3.48. The van der Waals surface area contributed by atoms with Gasteiger partial charge in [-0.15, -0.1) is 0 Å². The fraction of sp³-hybridized carbons (Fsp3) is 0.500. The van der Waals surface area contributed by atoms with E-state index in [4.69, 9.17) is 14.5 Å². The van der Waals surface area contributed by atoms with Crippen LogP contribution in [-0.4, -0.2) is 19.0 Å². The third-order valence-corrected chi connectivity index (χ3v) is 4.10. The molecule has 2 aliphatic rings. The Morgan fingerprint density at radius 3 is 2.74 bits per heavy atom. The van der Waals surface area contributed by atoms with Crippen molar-refractivity contribution in [2.45, 2.75) is 32.0 Å². The van der Waals surface area contributed by atoms with Gasteiger partial charge in [-0.05, 0) is 30.9 Å². The molecule has 19 heavy (non-hydrogen) atoms. The molecule has 0 radical (unpaired) electrons. The van der Waals surface area contributed by atoms with Crippen LogP contribution in [-0.2, 0) is 14.5 Å². The van der Waals surface area contributed by atoms with Crippen LogP contribution in [0.3, 0.4) is 0 Å². The van der Waals surface area contributed by atoms with Crippen molar-refractivity contribution in [1.82, 2.24) is 0 Å². The van der Waals surface area contributed by atoms with E-state index in [1.807, 2.05) is 0 Å². The van der Waals surface area contributed by atoms with Crippen molar-refractivity contribution in [1.29, 1.82) is 0 Å². The van der Waals surface area contributed by atoms with Gasteiger partial charge in [0, 0.05) is 12.3 Å². The van der Waals surface area contributed by atoms with Crippen LogP contribution in [0.25, 0.3) is 5.57 Å². The van der Waals surface area contributed by atoms with Gasteiger partial charge >= 0.3 is 0 Å². The molecule has 1 aromatic carbocycles. The predicted molar refractivity (Wildman–Crippen MR) is 73.3 cm³/mol. The Balaban J connectivity index is 1.84. The lowest BCUT2D eigenvalue weighted by Gasteiger charge is -2.37. The van der Waals surface area contributed by atoms with Gasteiger partial charge in [0.1, 0.15) is 6.61 Å². The second-order valence-electron chi connectivity index (χ2n) is 5.40. The minimum atomic E-state index is -0.611. The first-order chi connectivity index (χ1) is 9.21. The van der Waals surface area contributed by atoms with Crippen LogP contribution in [0.2, 0.25) is 0 Å². The Hall–Kier alpha value is -1.16. The molecule has 1 saturated carbocycles. The number of ether oxygens (including phenoxy) is 1. The molecule has 3 nitrogen and oxygen atoms in total. The molecule has 3 heteroatoms. The van der Waals surface area contributed by atoms with Crippen LogP contribution in [0, 0.1) is 12.8 Å². The van der Waals surface area contributed by atoms with Crippen molar-refractivity contribution < 1.29 is 14.5 Å². The molecular formula is C16H20O3. The van der Waals surface area contributed by atoms with Crippen LogP contribution < -0.4 is 0 Å². The smallest absolute Gasteiger partial charge is 0.208 e. The lowest BCUT2D eigenvalue weighted by molar-refractivity contribution is -0.469. The Kier molecular flexibility index (Phi) is 3.44. The van der Waals surface area contributed by atoms with Gasteiger partial charge in [-0.2, -0.15) is 0 Å². The molecule has 0 N–H and O–H groups in total. The van der Waals surface area contributed by atoms with Gasteiger partial charge in [-0.1, -0.05) is 36.4 Å². The van der Waals surface area contributed by atoms with Gasteiger partial charge in [0.15, 0.2) is 0 Å².